The maximum Gasteiger partial charge on any atom is 0.231 e. The molecule has 1 heterocycles. The van der Waals surface area contributed by atoms with Gasteiger partial charge in [-0.15, -0.1) is 0 Å². The molecule has 24 heavy (non-hydrogen) atoms. The van der Waals surface area contributed by atoms with E-state index in [1.807, 2.05) is 19.1 Å². The molecule has 138 valence electrons. The van der Waals surface area contributed by atoms with Crippen molar-refractivity contribution in [3.8, 4) is 11.5 Å². The van der Waals surface area contributed by atoms with Crippen molar-refractivity contribution in [3.05, 3.63) is 23.3 Å². The van der Waals surface area contributed by atoms with Crippen LogP contribution in [-0.4, -0.2) is 38.3 Å². The molecule has 0 spiro atoms. The maximum atomic E-state index is 9.18. The van der Waals surface area contributed by atoms with Crippen LogP contribution < -0.4 is 9.47 Å². The summed E-state index contributed by atoms with van der Waals surface area (Å²) in [6.45, 7) is 9.76. The average Bonchev–Trinajstić information content (AvgIpc) is 3.05. The molecule has 0 aliphatic carbocycles. The van der Waals surface area contributed by atoms with Gasteiger partial charge in [0, 0.05) is 13.2 Å². The highest BCUT2D eigenvalue weighted by Crippen LogP contribution is 2.35. The first-order valence-corrected chi connectivity index (χ1v) is 8.94. The third-order valence-electron chi connectivity index (χ3n) is 3.60. The second kappa shape index (κ2) is 13.0. The predicted octanol–water partition coefficient (Wildman–Crippen LogP) is 3.70. The molecule has 0 bridgehead atoms. The molecule has 1 aromatic carbocycles. The molecule has 0 radical (unpaired) electrons. The number of ether oxygens (including phenoxy) is 4. The molecule has 0 atom stereocenters. The number of benzene rings is 1. The lowest BCUT2D eigenvalue weighted by Crippen LogP contribution is -2.04. The molecule has 1 aliphatic heterocycles. The smallest absolute Gasteiger partial charge is 0.231 e. The van der Waals surface area contributed by atoms with Gasteiger partial charge in [-0.3, -0.25) is 0 Å². The minimum atomic E-state index is 0.0615. The van der Waals surface area contributed by atoms with Crippen molar-refractivity contribution < 1.29 is 24.1 Å². The summed E-state index contributed by atoms with van der Waals surface area (Å²) in [7, 11) is 0. The summed E-state index contributed by atoms with van der Waals surface area (Å²) >= 11 is 0. The summed E-state index contributed by atoms with van der Waals surface area (Å²) in [6, 6.07) is 3.84. The second-order valence-electron chi connectivity index (χ2n) is 5.55. The van der Waals surface area contributed by atoms with Crippen LogP contribution in [0.15, 0.2) is 12.1 Å². The second-order valence-corrected chi connectivity index (χ2v) is 5.55. The number of rotatable bonds is 10. The Kier molecular flexibility index (Phi) is 11.3. The predicted molar refractivity (Wildman–Crippen MR) is 94.7 cm³/mol. The zero-order valence-electron chi connectivity index (χ0n) is 15.3. The van der Waals surface area contributed by atoms with Gasteiger partial charge in [-0.2, -0.15) is 0 Å². The Morgan fingerprint density at radius 3 is 2.17 bits per heavy atom. The molecule has 1 N–H and O–H groups in total. The van der Waals surface area contributed by atoms with Gasteiger partial charge in [0.25, 0.3) is 0 Å². The van der Waals surface area contributed by atoms with E-state index in [0.29, 0.717) is 0 Å². The molecule has 0 fully saturated rings. The Balaban J connectivity index is 0.000000257. The van der Waals surface area contributed by atoms with E-state index in [-0.39, 0.29) is 13.4 Å². The van der Waals surface area contributed by atoms with Gasteiger partial charge in [-0.05, 0) is 43.0 Å². The van der Waals surface area contributed by atoms with Crippen molar-refractivity contribution >= 4 is 0 Å². The van der Waals surface area contributed by atoms with E-state index in [1.165, 1.54) is 6.42 Å². The first-order valence-electron chi connectivity index (χ1n) is 8.94. The third-order valence-corrected chi connectivity index (χ3v) is 3.60. The van der Waals surface area contributed by atoms with Crippen molar-refractivity contribution in [2.24, 2.45) is 0 Å². The monoisotopic (exact) mass is 340 g/mol. The highest BCUT2D eigenvalue weighted by molar-refractivity contribution is 5.48. The zero-order chi connectivity index (χ0) is 17.6. The minimum Gasteiger partial charge on any atom is -0.454 e. The van der Waals surface area contributed by atoms with Crippen LogP contribution in [0.3, 0.4) is 0 Å². The summed E-state index contributed by atoms with van der Waals surface area (Å²) in [5.41, 5.74) is 2.09. The van der Waals surface area contributed by atoms with E-state index in [0.717, 1.165) is 68.3 Å². The van der Waals surface area contributed by atoms with E-state index in [1.54, 1.807) is 0 Å². The topological polar surface area (TPSA) is 57.2 Å². The van der Waals surface area contributed by atoms with Gasteiger partial charge in [0.05, 0.1) is 19.8 Å². The summed E-state index contributed by atoms with van der Waals surface area (Å²) in [4.78, 5) is 0. The lowest BCUT2D eigenvalue weighted by Gasteiger charge is -2.07. The van der Waals surface area contributed by atoms with Crippen molar-refractivity contribution in [2.45, 2.75) is 53.1 Å². The fourth-order valence-electron chi connectivity index (χ4n) is 2.29. The highest BCUT2D eigenvalue weighted by Gasteiger charge is 2.16. The van der Waals surface area contributed by atoms with Gasteiger partial charge < -0.3 is 24.1 Å². The molecule has 0 saturated heterocycles. The third kappa shape index (κ3) is 7.51. The quantitative estimate of drug-likeness (QED) is 0.658. The van der Waals surface area contributed by atoms with E-state index >= 15 is 0 Å². The van der Waals surface area contributed by atoms with Crippen LogP contribution in [0, 0.1) is 0 Å². The maximum absolute atomic E-state index is 9.18. The zero-order valence-corrected chi connectivity index (χ0v) is 15.3. The van der Waals surface area contributed by atoms with Crippen LogP contribution in [0.1, 0.15) is 51.2 Å². The Morgan fingerprint density at radius 1 is 0.917 bits per heavy atom. The van der Waals surface area contributed by atoms with E-state index < -0.39 is 0 Å². The van der Waals surface area contributed by atoms with Crippen molar-refractivity contribution in [1.29, 1.82) is 0 Å². The van der Waals surface area contributed by atoms with Gasteiger partial charge in [0.15, 0.2) is 11.5 Å². The first kappa shape index (κ1) is 20.7. The standard InChI is InChI=1S/C11H14O3.C8H18O2/c1-2-3-8-4-10-11(14-7-13-10)5-9(8)6-12;1-3-5-6-10-8-7-9-4-2/h4-5,12H,2-3,6-7H2,1H3;3-8H2,1-2H3. The molecule has 1 aliphatic rings. The molecule has 1 aromatic rings. The fraction of sp³-hybridized carbons (Fsp3) is 0.684. The molecule has 5 nitrogen and oxygen atoms in total. The van der Waals surface area contributed by atoms with Crippen LogP contribution in [0.4, 0.5) is 0 Å². The molecule has 0 unspecified atom stereocenters. The van der Waals surface area contributed by atoms with Gasteiger partial charge >= 0.3 is 0 Å². The van der Waals surface area contributed by atoms with Crippen LogP contribution >= 0.6 is 0 Å². The van der Waals surface area contributed by atoms with Crippen LogP contribution in [0.2, 0.25) is 0 Å². The van der Waals surface area contributed by atoms with Crippen molar-refractivity contribution in [1.82, 2.24) is 0 Å². The molecular weight excluding hydrogens is 308 g/mol. The molecule has 2 rings (SSSR count). The number of unbranched alkanes of at least 4 members (excludes halogenated alkanes) is 1. The van der Waals surface area contributed by atoms with E-state index in [2.05, 4.69) is 13.8 Å². The number of hydrogen-bond acceptors (Lipinski definition) is 5. The fourth-order valence-corrected chi connectivity index (χ4v) is 2.29. The van der Waals surface area contributed by atoms with Gasteiger partial charge in [-0.1, -0.05) is 26.7 Å². The number of aliphatic hydroxyl groups excluding tert-OH is 1. The van der Waals surface area contributed by atoms with Crippen molar-refractivity contribution in [3.63, 3.8) is 0 Å². The summed E-state index contributed by atoms with van der Waals surface area (Å²) in [6.07, 6.45) is 4.39. The van der Waals surface area contributed by atoms with Gasteiger partial charge in [-0.25, -0.2) is 0 Å². The average molecular weight is 340 g/mol. The largest absolute Gasteiger partial charge is 0.454 e. The number of fused-ring (bicyclic) bond motifs is 1. The lowest BCUT2D eigenvalue weighted by molar-refractivity contribution is 0.0517. The Morgan fingerprint density at radius 2 is 1.58 bits per heavy atom. The molecule has 0 amide bonds. The van der Waals surface area contributed by atoms with Crippen molar-refractivity contribution in [2.75, 3.05) is 33.2 Å². The number of hydrogen-bond donors (Lipinski definition) is 1. The Bertz CT molecular complexity index is 440. The lowest BCUT2D eigenvalue weighted by atomic mass is 10.0. The molecule has 0 aromatic heterocycles. The molecular formula is C19H32O5. The summed E-state index contributed by atoms with van der Waals surface area (Å²) < 4.78 is 20.9. The normalized spacial score (nSPS) is 12.0. The van der Waals surface area contributed by atoms with Crippen LogP contribution in [0.5, 0.6) is 11.5 Å². The minimum absolute atomic E-state index is 0.0615. The summed E-state index contributed by atoms with van der Waals surface area (Å²) in [5, 5.41) is 9.18. The van der Waals surface area contributed by atoms with Gasteiger partial charge in [0.1, 0.15) is 0 Å². The molecule has 0 saturated carbocycles. The SMILES string of the molecule is CCCCOCCOCC.CCCc1cc2c(cc1CO)OCO2. The highest BCUT2D eigenvalue weighted by atomic mass is 16.7. The summed E-state index contributed by atoms with van der Waals surface area (Å²) in [5.74, 6) is 1.54. The van der Waals surface area contributed by atoms with E-state index in [9.17, 15) is 5.11 Å². The Labute approximate surface area is 145 Å². The number of aliphatic hydroxyl groups is 1. The van der Waals surface area contributed by atoms with E-state index in [4.69, 9.17) is 18.9 Å². The first-order chi connectivity index (χ1) is 11.8. The molecule has 5 heteroatoms. The van der Waals surface area contributed by atoms with Crippen LogP contribution in [-0.2, 0) is 22.5 Å². The Hall–Kier alpha value is -1.30. The van der Waals surface area contributed by atoms with Crippen LogP contribution in [0.25, 0.3) is 0 Å². The van der Waals surface area contributed by atoms with Gasteiger partial charge in [0.2, 0.25) is 6.79 Å². The number of aryl methyl sites for hydroxylation is 1.